The Morgan fingerprint density at radius 2 is 2.50 bits per heavy atom. The first kappa shape index (κ1) is 9.01. The minimum atomic E-state index is 0.529. The Morgan fingerprint density at radius 1 is 1.64 bits per heavy atom. The summed E-state index contributed by atoms with van der Waals surface area (Å²) in [5.74, 6) is 1.17. The molecule has 2 rings (SSSR count). The highest BCUT2D eigenvalue weighted by Gasteiger charge is 2.02. The van der Waals surface area contributed by atoms with Gasteiger partial charge in [-0.15, -0.1) is 0 Å². The molecule has 0 aliphatic rings. The van der Waals surface area contributed by atoms with Crippen LogP contribution in [0.4, 0.5) is 5.82 Å². The summed E-state index contributed by atoms with van der Waals surface area (Å²) in [6.45, 7) is 0.679. The molecule has 5 nitrogen and oxygen atoms in total. The second-order valence-electron chi connectivity index (χ2n) is 2.77. The fourth-order valence-corrected chi connectivity index (χ4v) is 1.77. The molecule has 0 bridgehead atoms. The summed E-state index contributed by atoms with van der Waals surface area (Å²) in [7, 11) is 1.60. The Morgan fingerprint density at radius 3 is 3.07 bits per heavy atom. The lowest BCUT2D eigenvalue weighted by Gasteiger charge is -1.95. The van der Waals surface area contributed by atoms with Gasteiger partial charge >= 0.3 is 0 Å². The molecule has 74 valence electrons. The largest absolute Gasteiger partial charge is 0.480 e. The van der Waals surface area contributed by atoms with Crippen molar-refractivity contribution in [3.63, 3.8) is 0 Å². The maximum absolute atomic E-state index is 5.49. The van der Waals surface area contributed by atoms with Crippen LogP contribution < -0.4 is 10.5 Å². The van der Waals surface area contributed by atoms with E-state index < -0.39 is 0 Å². The molecular formula is C8H10N4OS. The second-order valence-corrected chi connectivity index (χ2v) is 3.66. The first-order chi connectivity index (χ1) is 6.78. The average Bonchev–Trinajstić information content (AvgIpc) is 2.76. The summed E-state index contributed by atoms with van der Waals surface area (Å²) in [5, 5.41) is 4.07. The second kappa shape index (κ2) is 3.67. The first-order valence-corrected chi connectivity index (χ1v) is 4.84. The fraction of sp³-hybridized carbons (Fsp3) is 0.250. The van der Waals surface area contributed by atoms with Gasteiger partial charge in [-0.25, -0.2) is 0 Å². The molecule has 2 N–H and O–H groups in total. The number of methoxy groups -OCH3 is 1. The van der Waals surface area contributed by atoms with E-state index in [4.69, 9.17) is 10.5 Å². The summed E-state index contributed by atoms with van der Waals surface area (Å²) in [5.41, 5.74) is 5.49. The van der Waals surface area contributed by atoms with Crippen LogP contribution in [0.1, 0.15) is 4.88 Å². The molecule has 0 saturated carbocycles. The molecule has 0 radical (unpaired) electrons. The Labute approximate surface area is 85.3 Å². The van der Waals surface area contributed by atoms with Gasteiger partial charge < -0.3 is 10.5 Å². The lowest BCUT2D eigenvalue weighted by atomic mass is 10.5. The third kappa shape index (κ3) is 1.85. The number of nitrogen functional groups attached to an aromatic ring is 1. The van der Waals surface area contributed by atoms with Crippen LogP contribution in [0.15, 0.2) is 18.3 Å². The normalized spacial score (nSPS) is 10.4. The Hall–Kier alpha value is -1.56. The number of anilines is 1. The van der Waals surface area contributed by atoms with Gasteiger partial charge in [-0.1, -0.05) is 0 Å². The van der Waals surface area contributed by atoms with Crippen molar-refractivity contribution in [2.45, 2.75) is 6.54 Å². The molecular weight excluding hydrogens is 200 g/mol. The lowest BCUT2D eigenvalue weighted by Crippen LogP contribution is -1.99. The molecule has 14 heavy (non-hydrogen) atoms. The van der Waals surface area contributed by atoms with Crippen LogP contribution in [-0.2, 0) is 6.54 Å². The Kier molecular flexibility index (Phi) is 2.36. The van der Waals surface area contributed by atoms with E-state index in [2.05, 4.69) is 9.47 Å². The Bertz CT molecular complexity index is 422. The van der Waals surface area contributed by atoms with Crippen LogP contribution in [0.2, 0.25) is 0 Å². The zero-order chi connectivity index (χ0) is 9.97. The third-order valence-corrected chi connectivity index (χ3v) is 2.48. The molecule has 2 aromatic rings. The molecule has 0 unspecified atom stereocenters. The molecule has 6 heteroatoms. The highest BCUT2D eigenvalue weighted by molar-refractivity contribution is 7.05. The summed E-state index contributed by atoms with van der Waals surface area (Å²) in [4.78, 5) is 1.09. The monoisotopic (exact) mass is 210 g/mol. The third-order valence-electron chi connectivity index (χ3n) is 1.73. The highest BCUT2D eigenvalue weighted by Crippen LogP contribution is 2.16. The van der Waals surface area contributed by atoms with Crippen LogP contribution in [0.25, 0.3) is 0 Å². The number of nitrogens with zero attached hydrogens (tertiary/aromatic N) is 3. The zero-order valence-corrected chi connectivity index (χ0v) is 8.49. The van der Waals surface area contributed by atoms with E-state index in [1.54, 1.807) is 17.9 Å². The SMILES string of the molecule is COc1cc(Cn2ccc(N)n2)sn1. The van der Waals surface area contributed by atoms with Crippen molar-refractivity contribution in [3.8, 4) is 5.88 Å². The van der Waals surface area contributed by atoms with Crippen LogP contribution in [0.3, 0.4) is 0 Å². The van der Waals surface area contributed by atoms with Crippen molar-refractivity contribution >= 4 is 17.4 Å². The van der Waals surface area contributed by atoms with Gasteiger partial charge in [-0.05, 0) is 17.6 Å². The smallest absolute Gasteiger partial charge is 0.225 e. The summed E-state index contributed by atoms with van der Waals surface area (Å²) < 4.78 is 10.8. The predicted molar refractivity (Wildman–Crippen MR) is 54.4 cm³/mol. The van der Waals surface area contributed by atoms with E-state index in [9.17, 15) is 0 Å². The number of aromatic nitrogens is 3. The van der Waals surface area contributed by atoms with Gasteiger partial charge in [0.2, 0.25) is 5.88 Å². The van der Waals surface area contributed by atoms with E-state index >= 15 is 0 Å². The molecule has 0 spiro atoms. The average molecular weight is 210 g/mol. The van der Waals surface area contributed by atoms with Crippen LogP contribution in [-0.4, -0.2) is 21.3 Å². The van der Waals surface area contributed by atoms with Gasteiger partial charge in [0.05, 0.1) is 18.5 Å². The molecule has 2 heterocycles. The van der Waals surface area contributed by atoms with Gasteiger partial charge in [0, 0.05) is 12.3 Å². The van der Waals surface area contributed by atoms with Crippen molar-refractivity contribution in [3.05, 3.63) is 23.2 Å². The van der Waals surface area contributed by atoms with Crippen molar-refractivity contribution in [1.82, 2.24) is 14.2 Å². The fourth-order valence-electron chi connectivity index (χ4n) is 1.09. The van der Waals surface area contributed by atoms with Gasteiger partial charge in [-0.2, -0.15) is 9.47 Å². The topological polar surface area (TPSA) is 66.0 Å². The number of ether oxygens (including phenoxy) is 1. The number of hydrogen-bond donors (Lipinski definition) is 1. The molecule has 0 saturated heterocycles. The molecule has 0 aliphatic heterocycles. The van der Waals surface area contributed by atoms with Crippen molar-refractivity contribution in [2.75, 3.05) is 12.8 Å². The van der Waals surface area contributed by atoms with Gasteiger partial charge in [0.1, 0.15) is 5.82 Å². The summed E-state index contributed by atoms with van der Waals surface area (Å²) >= 11 is 1.40. The van der Waals surface area contributed by atoms with E-state index in [1.807, 2.05) is 12.3 Å². The molecule has 0 fully saturated rings. The highest BCUT2D eigenvalue weighted by atomic mass is 32.1. The molecule has 0 aromatic carbocycles. The molecule has 0 atom stereocenters. The van der Waals surface area contributed by atoms with E-state index in [-0.39, 0.29) is 0 Å². The van der Waals surface area contributed by atoms with Gasteiger partial charge in [-0.3, -0.25) is 4.68 Å². The van der Waals surface area contributed by atoms with Crippen LogP contribution in [0.5, 0.6) is 5.88 Å². The standard InChI is InChI=1S/C8H10N4OS/c1-13-8-4-6(14-11-8)5-12-3-2-7(9)10-12/h2-4H,5H2,1H3,(H2,9,10). The first-order valence-electron chi connectivity index (χ1n) is 4.06. The minimum absolute atomic E-state index is 0.529. The van der Waals surface area contributed by atoms with Crippen molar-refractivity contribution in [2.24, 2.45) is 0 Å². The number of hydrogen-bond acceptors (Lipinski definition) is 5. The van der Waals surface area contributed by atoms with E-state index in [0.717, 1.165) is 4.88 Å². The number of rotatable bonds is 3. The maximum Gasteiger partial charge on any atom is 0.225 e. The lowest BCUT2D eigenvalue weighted by molar-refractivity contribution is 0.402. The van der Waals surface area contributed by atoms with Crippen LogP contribution in [0, 0.1) is 0 Å². The quantitative estimate of drug-likeness (QED) is 0.820. The van der Waals surface area contributed by atoms with Crippen molar-refractivity contribution < 1.29 is 4.74 Å². The van der Waals surface area contributed by atoms with Crippen LogP contribution >= 0.6 is 11.5 Å². The Balaban J connectivity index is 2.10. The summed E-state index contributed by atoms with van der Waals surface area (Å²) in [6.07, 6.45) is 1.83. The zero-order valence-electron chi connectivity index (χ0n) is 7.67. The molecule has 0 aliphatic carbocycles. The molecule has 0 amide bonds. The molecule has 2 aromatic heterocycles. The van der Waals surface area contributed by atoms with Crippen molar-refractivity contribution in [1.29, 1.82) is 0 Å². The minimum Gasteiger partial charge on any atom is -0.480 e. The predicted octanol–water partition coefficient (Wildman–Crippen LogP) is 0.979. The van der Waals surface area contributed by atoms with E-state index in [0.29, 0.717) is 18.2 Å². The van der Waals surface area contributed by atoms with Gasteiger partial charge in [0.15, 0.2) is 0 Å². The summed E-state index contributed by atoms with van der Waals surface area (Å²) in [6, 6.07) is 3.65. The number of nitrogens with two attached hydrogens (primary N) is 1. The van der Waals surface area contributed by atoms with E-state index in [1.165, 1.54) is 11.5 Å². The maximum atomic E-state index is 5.49. The van der Waals surface area contributed by atoms with Gasteiger partial charge in [0.25, 0.3) is 0 Å².